The lowest BCUT2D eigenvalue weighted by Crippen LogP contribution is -1.93. The zero-order valence-corrected chi connectivity index (χ0v) is 35.6. The molecule has 1 nitrogen and oxygen atoms in total. The summed E-state index contributed by atoms with van der Waals surface area (Å²) < 4.78 is 2.39. The molecule has 0 bridgehead atoms. The molecular formula is C64H41N. The second kappa shape index (κ2) is 15.1. The maximum Gasteiger partial charge on any atom is 0.0541 e. The molecule has 0 N–H and O–H groups in total. The number of hydrogen-bond acceptors (Lipinski definition) is 0. The fraction of sp³-hybridized carbons (Fsp3) is 0. The lowest BCUT2D eigenvalue weighted by Gasteiger charge is -2.19. The zero-order chi connectivity index (χ0) is 42.8. The summed E-state index contributed by atoms with van der Waals surface area (Å²) in [6.07, 6.45) is 0. The van der Waals surface area contributed by atoms with E-state index < -0.39 is 0 Å². The number of rotatable bonds is 6. The molecule has 0 aliphatic heterocycles. The Bertz CT molecular complexity index is 3960. The van der Waals surface area contributed by atoms with E-state index in [-0.39, 0.29) is 0 Å². The van der Waals surface area contributed by atoms with Gasteiger partial charge in [0.05, 0.1) is 11.0 Å². The van der Waals surface area contributed by atoms with E-state index in [0.29, 0.717) is 0 Å². The third kappa shape index (κ3) is 6.09. The number of aromatic nitrogens is 1. The average molecular weight is 824 g/mol. The summed E-state index contributed by atoms with van der Waals surface area (Å²) in [4.78, 5) is 0. The minimum atomic E-state index is 1.16. The number of benzene rings is 12. The quantitative estimate of drug-likeness (QED) is 0.147. The van der Waals surface area contributed by atoms with Gasteiger partial charge in [0.2, 0.25) is 0 Å². The van der Waals surface area contributed by atoms with Crippen molar-refractivity contribution in [3.05, 3.63) is 249 Å². The lowest BCUT2D eigenvalue weighted by molar-refractivity contribution is 1.18. The van der Waals surface area contributed by atoms with Crippen LogP contribution in [0.25, 0.3) is 126 Å². The number of fused-ring (bicyclic) bond motifs is 7. The molecule has 12 aromatic carbocycles. The number of hydrogen-bond donors (Lipinski definition) is 0. The van der Waals surface area contributed by atoms with E-state index in [4.69, 9.17) is 0 Å². The minimum Gasteiger partial charge on any atom is -0.309 e. The SMILES string of the molecule is c1ccc(-n2c3ccccc3c3cc(-c4ccc5c(-c6ccc(-c7cccc8ccccc78)cc6)c6ccccc6c(-c6ccc(-c7cccc8ccccc78)cc6)c5c4)ccc32)cc1. The highest BCUT2D eigenvalue weighted by molar-refractivity contribution is 6.22. The molecule has 0 radical (unpaired) electrons. The normalized spacial score (nSPS) is 11.7. The molecule has 0 saturated carbocycles. The standard InChI is InChI=1S/C64H41N/c1-2-18-50(19-3-1)65-61-27-11-10-22-55(61)59-40-49(37-39-62(59)65)48-36-38-58-60(41-48)64(47-34-30-45(31-35-47)54-26-13-17-43-15-5-7-21-52(43)54)57-24-9-8-23-56(57)63(58)46-32-28-44(29-33-46)53-25-12-16-42-14-4-6-20-51(42)53/h1-41H. The zero-order valence-electron chi connectivity index (χ0n) is 35.6. The fourth-order valence-electron chi connectivity index (χ4n) is 10.6. The molecule has 0 fully saturated rings. The van der Waals surface area contributed by atoms with Crippen LogP contribution < -0.4 is 0 Å². The molecule has 65 heavy (non-hydrogen) atoms. The van der Waals surface area contributed by atoms with Crippen molar-refractivity contribution in [2.75, 3.05) is 0 Å². The highest BCUT2D eigenvalue weighted by Gasteiger charge is 2.19. The number of nitrogens with zero attached hydrogens (tertiary/aromatic N) is 1. The summed E-state index contributed by atoms with van der Waals surface area (Å²) in [5.41, 5.74) is 15.8. The van der Waals surface area contributed by atoms with Gasteiger partial charge in [0, 0.05) is 16.5 Å². The summed E-state index contributed by atoms with van der Waals surface area (Å²) in [5.74, 6) is 0. The molecule has 0 aliphatic carbocycles. The van der Waals surface area contributed by atoms with Crippen LogP contribution in [0.5, 0.6) is 0 Å². The smallest absolute Gasteiger partial charge is 0.0541 e. The van der Waals surface area contributed by atoms with Gasteiger partial charge in [0.15, 0.2) is 0 Å². The Balaban J connectivity index is 1.02. The lowest BCUT2D eigenvalue weighted by atomic mass is 9.84. The molecule has 0 atom stereocenters. The summed E-state index contributed by atoms with van der Waals surface area (Å²) in [7, 11) is 0. The van der Waals surface area contributed by atoms with E-state index in [2.05, 4.69) is 253 Å². The monoisotopic (exact) mass is 823 g/mol. The highest BCUT2D eigenvalue weighted by atomic mass is 15.0. The van der Waals surface area contributed by atoms with Gasteiger partial charge < -0.3 is 4.57 Å². The molecule has 0 amide bonds. The Hall–Kier alpha value is -8.52. The van der Waals surface area contributed by atoms with Crippen molar-refractivity contribution >= 4 is 64.9 Å². The van der Waals surface area contributed by atoms with Crippen molar-refractivity contribution in [3.63, 3.8) is 0 Å². The van der Waals surface area contributed by atoms with Gasteiger partial charge in [-0.25, -0.2) is 0 Å². The van der Waals surface area contributed by atoms with Gasteiger partial charge in [-0.05, 0) is 135 Å². The molecule has 302 valence electrons. The van der Waals surface area contributed by atoms with Gasteiger partial charge in [0.25, 0.3) is 0 Å². The predicted molar refractivity (Wildman–Crippen MR) is 278 cm³/mol. The molecule has 0 spiro atoms. The molecule has 13 aromatic rings. The highest BCUT2D eigenvalue weighted by Crippen LogP contribution is 2.46. The van der Waals surface area contributed by atoms with Gasteiger partial charge in [-0.15, -0.1) is 0 Å². The molecule has 1 heteroatoms. The van der Waals surface area contributed by atoms with Crippen molar-refractivity contribution in [2.45, 2.75) is 0 Å². The first-order valence-electron chi connectivity index (χ1n) is 22.5. The van der Waals surface area contributed by atoms with Crippen LogP contribution in [0.1, 0.15) is 0 Å². The van der Waals surface area contributed by atoms with E-state index in [0.717, 1.165) is 5.69 Å². The van der Waals surface area contributed by atoms with Gasteiger partial charge in [-0.2, -0.15) is 0 Å². The summed E-state index contributed by atoms with van der Waals surface area (Å²) in [5, 5.41) is 12.5. The molecule has 13 rings (SSSR count). The summed E-state index contributed by atoms with van der Waals surface area (Å²) in [6, 6.07) is 91.6. The van der Waals surface area contributed by atoms with Gasteiger partial charge in [-0.3, -0.25) is 0 Å². The molecule has 0 unspecified atom stereocenters. The Labute approximate surface area is 377 Å². The Morgan fingerprint density at radius 1 is 0.215 bits per heavy atom. The van der Waals surface area contributed by atoms with Crippen LogP contribution in [0.15, 0.2) is 249 Å². The third-order valence-corrected chi connectivity index (χ3v) is 13.6. The van der Waals surface area contributed by atoms with Crippen LogP contribution in [-0.2, 0) is 0 Å². The Morgan fingerprint density at radius 3 is 1.22 bits per heavy atom. The average Bonchev–Trinajstić information content (AvgIpc) is 3.71. The molecule has 1 heterocycles. The topological polar surface area (TPSA) is 4.93 Å². The van der Waals surface area contributed by atoms with Crippen molar-refractivity contribution in [1.29, 1.82) is 0 Å². The first-order chi connectivity index (χ1) is 32.2. The van der Waals surface area contributed by atoms with E-state index in [1.165, 1.54) is 121 Å². The van der Waals surface area contributed by atoms with E-state index in [9.17, 15) is 0 Å². The van der Waals surface area contributed by atoms with Crippen molar-refractivity contribution < 1.29 is 0 Å². The fourth-order valence-corrected chi connectivity index (χ4v) is 10.6. The first kappa shape index (κ1) is 37.1. The van der Waals surface area contributed by atoms with E-state index in [1.54, 1.807) is 0 Å². The Morgan fingerprint density at radius 2 is 0.615 bits per heavy atom. The molecular weight excluding hydrogens is 783 g/mol. The first-order valence-corrected chi connectivity index (χ1v) is 22.5. The van der Waals surface area contributed by atoms with Crippen LogP contribution in [0, 0.1) is 0 Å². The van der Waals surface area contributed by atoms with Crippen molar-refractivity contribution in [3.8, 4) is 61.3 Å². The second-order valence-electron chi connectivity index (χ2n) is 17.2. The van der Waals surface area contributed by atoms with Crippen LogP contribution in [0.2, 0.25) is 0 Å². The third-order valence-electron chi connectivity index (χ3n) is 13.6. The molecule has 1 aromatic heterocycles. The second-order valence-corrected chi connectivity index (χ2v) is 17.2. The van der Waals surface area contributed by atoms with Gasteiger partial charge >= 0.3 is 0 Å². The largest absolute Gasteiger partial charge is 0.309 e. The molecule has 0 aliphatic rings. The maximum absolute atomic E-state index is 2.45. The van der Waals surface area contributed by atoms with Gasteiger partial charge in [-0.1, -0.05) is 212 Å². The summed E-state index contributed by atoms with van der Waals surface area (Å²) >= 11 is 0. The Kier molecular flexibility index (Phi) is 8.60. The summed E-state index contributed by atoms with van der Waals surface area (Å²) in [6.45, 7) is 0. The van der Waals surface area contributed by atoms with Crippen LogP contribution in [0.4, 0.5) is 0 Å². The van der Waals surface area contributed by atoms with Crippen LogP contribution >= 0.6 is 0 Å². The minimum absolute atomic E-state index is 1.16. The maximum atomic E-state index is 2.45. The van der Waals surface area contributed by atoms with Crippen LogP contribution in [0.3, 0.4) is 0 Å². The van der Waals surface area contributed by atoms with E-state index in [1.807, 2.05) is 0 Å². The number of para-hydroxylation sites is 2. The van der Waals surface area contributed by atoms with E-state index >= 15 is 0 Å². The van der Waals surface area contributed by atoms with Crippen molar-refractivity contribution in [2.24, 2.45) is 0 Å². The predicted octanol–water partition coefficient (Wildman–Crippen LogP) is 17.7. The van der Waals surface area contributed by atoms with Gasteiger partial charge in [0.1, 0.15) is 0 Å². The van der Waals surface area contributed by atoms with Crippen LogP contribution in [-0.4, -0.2) is 4.57 Å². The molecule has 0 saturated heterocycles. The van der Waals surface area contributed by atoms with Crippen molar-refractivity contribution in [1.82, 2.24) is 4.57 Å².